The maximum atomic E-state index is 13.3. The van der Waals surface area contributed by atoms with Gasteiger partial charge in [0.1, 0.15) is 11.6 Å². The van der Waals surface area contributed by atoms with Crippen LogP contribution in [0.3, 0.4) is 0 Å². The number of methoxy groups -OCH3 is 1. The molecule has 0 saturated carbocycles. The Hall–Kier alpha value is -2.89. The predicted octanol–water partition coefficient (Wildman–Crippen LogP) is 4.79. The number of nitrogens with zero attached hydrogens (tertiary/aromatic N) is 2. The Kier molecular flexibility index (Phi) is 6.75. The van der Waals surface area contributed by atoms with Crippen molar-refractivity contribution in [2.45, 2.75) is 46.3 Å². The first-order valence-corrected chi connectivity index (χ1v) is 10.1. The fraction of sp³-hybridized carbons (Fsp3) is 0.417. The number of carbonyl (C=O) groups is 1. The van der Waals surface area contributed by atoms with Gasteiger partial charge in [-0.25, -0.2) is 4.39 Å². The van der Waals surface area contributed by atoms with Gasteiger partial charge in [0.15, 0.2) is 6.10 Å². The molecule has 0 bridgehead atoms. The molecule has 1 unspecified atom stereocenters. The van der Waals surface area contributed by atoms with Crippen LogP contribution in [0.1, 0.15) is 44.7 Å². The SMILES string of the molecule is COc1ccc(C2=NOC(CN(Cc3ccc(F)cc3)C(=O)CC(C)(C)C)C2)cc1. The van der Waals surface area contributed by atoms with Crippen molar-refractivity contribution in [2.75, 3.05) is 13.7 Å². The third-order valence-electron chi connectivity index (χ3n) is 4.90. The maximum Gasteiger partial charge on any atom is 0.223 e. The van der Waals surface area contributed by atoms with Gasteiger partial charge in [-0.2, -0.15) is 0 Å². The molecule has 0 spiro atoms. The second kappa shape index (κ2) is 9.28. The summed E-state index contributed by atoms with van der Waals surface area (Å²) in [6, 6.07) is 13.9. The summed E-state index contributed by atoms with van der Waals surface area (Å²) >= 11 is 0. The van der Waals surface area contributed by atoms with E-state index in [2.05, 4.69) is 5.16 Å². The lowest BCUT2D eigenvalue weighted by Gasteiger charge is -2.28. The van der Waals surface area contributed by atoms with Crippen LogP contribution in [-0.2, 0) is 16.2 Å². The topological polar surface area (TPSA) is 51.1 Å². The second-order valence-electron chi connectivity index (χ2n) is 8.84. The largest absolute Gasteiger partial charge is 0.497 e. The van der Waals surface area contributed by atoms with Crippen molar-refractivity contribution in [1.82, 2.24) is 4.90 Å². The fourth-order valence-corrected chi connectivity index (χ4v) is 3.36. The van der Waals surface area contributed by atoms with Crippen molar-refractivity contribution in [2.24, 2.45) is 10.6 Å². The molecule has 0 radical (unpaired) electrons. The van der Waals surface area contributed by atoms with Crippen LogP contribution in [0, 0.1) is 11.2 Å². The van der Waals surface area contributed by atoms with Crippen LogP contribution in [0.15, 0.2) is 53.7 Å². The predicted molar refractivity (Wildman–Crippen MR) is 115 cm³/mol. The summed E-state index contributed by atoms with van der Waals surface area (Å²) in [5.74, 6) is 0.546. The van der Waals surface area contributed by atoms with Gasteiger partial charge in [0.2, 0.25) is 5.91 Å². The fourth-order valence-electron chi connectivity index (χ4n) is 3.36. The molecule has 1 amide bonds. The van der Waals surface area contributed by atoms with Crippen LogP contribution in [0.25, 0.3) is 0 Å². The number of ether oxygens (including phenoxy) is 1. The first-order valence-electron chi connectivity index (χ1n) is 10.1. The van der Waals surface area contributed by atoms with Crippen molar-refractivity contribution in [1.29, 1.82) is 0 Å². The van der Waals surface area contributed by atoms with Crippen molar-refractivity contribution >= 4 is 11.6 Å². The Balaban J connectivity index is 1.68. The summed E-state index contributed by atoms with van der Waals surface area (Å²) in [5.41, 5.74) is 2.59. The zero-order valence-corrected chi connectivity index (χ0v) is 18.0. The number of oxime groups is 1. The Morgan fingerprint density at radius 1 is 1.17 bits per heavy atom. The molecule has 0 aromatic heterocycles. The zero-order chi connectivity index (χ0) is 21.7. The normalized spacial score (nSPS) is 16.0. The van der Waals surface area contributed by atoms with Gasteiger partial charge in [-0.05, 0) is 52.9 Å². The Morgan fingerprint density at radius 2 is 1.83 bits per heavy atom. The highest BCUT2D eigenvalue weighted by Gasteiger charge is 2.28. The third-order valence-corrected chi connectivity index (χ3v) is 4.90. The lowest BCUT2D eigenvalue weighted by molar-refractivity contribution is -0.135. The Bertz CT molecular complexity index is 886. The Morgan fingerprint density at radius 3 is 2.43 bits per heavy atom. The molecule has 1 aliphatic heterocycles. The number of halogens is 1. The smallest absolute Gasteiger partial charge is 0.223 e. The second-order valence-corrected chi connectivity index (χ2v) is 8.84. The number of benzene rings is 2. The number of amides is 1. The maximum absolute atomic E-state index is 13.3. The molecule has 0 aliphatic carbocycles. The van der Waals surface area contributed by atoms with Crippen molar-refractivity contribution in [3.8, 4) is 5.75 Å². The Labute approximate surface area is 177 Å². The molecule has 0 fully saturated rings. The monoisotopic (exact) mass is 412 g/mol. The standard InChI is InChI=1S/C24H29FN2O3/c1-24(2,3)14-23(28)27(15-17-5-9-19(25)10-6-17)16-21-13-22(26-30-21)18-7-11-20(29-4)12-8-18/h5-12,21H,13-16H2,1-4H3. The molecule has 3 rings (SSSR count). The highest BCUT2D eigenvalue weighted by Crippen LogP contribution is 2.24. The molecule has 0 saturated heterocycles. The van der Waals surface area contributed by atoms with E-state index in [-0.39, 0.29) is 23.2 Å². The van der Waals surface area contributed by atoms with Crippen LogP contribution in [-0.4, -0.2) is 36.3 Å². The average molecular weight is 413 g/mol. The van der Waals surface area contributed by atoms with Crippen LogP contribution < -0.4 is 4.74 Å². The summed E-state index contributed by atoms with van der Waals surface area (Å²) < 4.78 is 18.5. The van der Waals surface area contributed by atoms with E-state index in [1.54, 1.807) is 24.1 Å². The first-order chi connectivity index (χ1) is 14.2. The molecule has 6 heteroatoms. The van der Waals surface area contributed by atoms with E-state index in [0.29, 0.717) is 25.9 Å². The van der Waals surface area contributed by atoms with E-state index in [9.17, 15) is 9.18 Å². The summed E-state index contributed by atoms with van der Waals surface area (Å²) in [6.07, 6.45) is 0.828. The van der Waals surface area contributed by atoms with Crippen LogP contribution >= 0.6 is 0 Å². The van der Waals surface area contributed by atoms with E-state index in [0.717, 1.165) is 22.6 Å². The molecular formula is C24H29FN2O3. The summed E-state index contributed by atoms with van der Waals surface area (Å²) in [4.78, 5) is 20.4. The molecule has 1 heterocycles. The van der Waals surface area contributed by atoms with Crippen molar-refractivity contribution in [3.05, 3.63) is 65.5 Å². The van der Waals surface area contributed by atoms with Crippen LogP contribution in [0.2, 0.25) is 0 Å². The molecule has 30 heavy (non-hydrogen) atoms. The number of rotatable bonds is 7. The molecule has 1 aliphatic rings. The summed E-state index contributed by atoms with van der Waals surface area (Å²) in [5, 5.41) is 4.24. The third kappa shape index (κ3) is 6.05. The first kappa shape index (κ1) is 21.8. The molecule has 5 nitrogen and oxygen atoms in total. The minimum absolute atomic E-state index is 0.0494. The van der Waals surface area contributed by atoms with Gasteiger partial charge in [0.25, 0.3) is 0 Å². The quantitative estimate of drug-likeness (QED) is 0.657. The minimum atomic E-state index is -0.289. The minimum Gasteiger partial charge on any atom is -0.497 e. The zero-order valence-electron chi connectivity index (χ0n) is 18.0. The lowest BCUT2D eigenvalue weighted by Crippen LogP contribution is -2.38. The van der Waals surface area contributed by atoms with Gasteiger partial charge in [0.05, 0.1) is 19.4 Å². The van der Waals surface area contributed by atoms with Crippen molar-refractivity contribution < 1.29 is 18.8 Å². The van der Waals surface area contributed by atoms with E-state index >= 15 is 0 Å². The van der Waals surface area contributed by atoms with E-state index < -0.39 is 0 Å². The summed E-state index contributed by atoms with van der Waals surface area (Å²) in [6.45, 7) is 6.95. The van der Waals surface area contributed by atoms with Gasteiger partial charge < -0.3 is 14.5 Å². The summed E-state index contributed by atoms with van der Waals surface area (Å²) in [7, 11) is 1.63. The highest BCUT2D eigenvalue weighted by molar-refractivity contribution is 6.01. The van der Waals surface area contributed by atoms with E-state index in [1.807, 2.05) is 45.0 Å². The molecule has 160 valence electrons. The van der Waals surface area contributed by atoms with Gasteiger partial charge >= 0.3 is 0 Å². The van der Waals surface area contributed by atoms with E-state index in [4.69, 9.17) is 9.57 Å². The number of carbonyl (C=O) groups excluding carboxylic acids is 1. The average Bonchev–Trinajstić information content (AvgIpc) is 3.16. The van der Waals surface area contributed by atoms with Gasteiger partial charge in [-0.15, -0.1) is 0 Å². The van der Waals surface area contributed by atoms with Gasteiger partial charge in [0, 0.05) is 19.4 Å². The molecule has 1 atom stereocenters. The molecule has 2 aromatic carbocycles. The molecular weight excluding hydrogens is 383 g/mol. The highest BCUT2D eigenvalue weighted by atomic mass is 19.1. The molecule has 2 aromatic rings. The number of hydrogen-bond donors (Lipinski definition) is 0. The van der Waals surface area contributed by atoms with Crippen LogP contribution in [0.5, 0.6) is 5.75 Å². The van der Waals surface area contributed by atoms with E-state index in [1.165, 1.54) is 12.1 Å². The number of hydrogen-bond acceptors (Lipinski definition) is 4. The van der Waals surface area contributed by atoms with Crippen LogP contribution in [0.4, 0.5) is 4.39 Å². The lowest BCUT2D eigenvalue weighted by atomic mass is 9.91. The van der Waals surface area contributed by atoms with Crippen molar-refractivity contribution in [3.63, 3.8) is 0 Å². The van der Waals surface area contributed by atoms with Gasteiger partial charge in [-0.3, -0.25) is 4.79 Å². The molecule has 0 N–H and O–H groups in total. The van der Waals surface area contributed by atoms with Gasteiger partial charge in [-0.1, -0.05) is 38.1 Å².